The number of nitrogen functional groups attached to an aromatic ring is 1. The van der Waals surface area contributed by atoms with Gasteiger partial charge in [0.1, 0.15) is 5.82 Å². The summed E-state index contributed by atoms with van der Waals surface area (Å²) >= 11 is 5.88. The number of imidazole rings is 1. The van der Waals surface area contributed by atoms with Crippen LogP contribution in [-0.4, -0.2) is 15.0 Å². The van der Waals surface area contributed by atoms with Crippen molar-refractivity contribution in [2.24, 2.45) is 0 Å². The van der Waals surface area contributed by atoms with Gasteiger partial charge in [0.25, 0.3) is 0 Å². The lowest BCUT2D eigenvalue weighted by atomic mass is 10.1. The number of rotatable bonds is 2. The zero-order valence-electron chi connectivity index (χ0n) is 9.52. The van der Waals surface area contributed by atoms with Gasteiger partial charge in [-0.1, -0.05) is 23.7 Å². The molecule has 0 fully saturated rings. The minimum absolute atomic E-state index is 0.602. The van der Waals surface area contributed by atoms with E-state index in [1.807, 2.05) is 30.3 Å². The maximum atomic E-state index is 5.88. The first-order valence-corrected chi connectivity index (χ1v) is 5.93. The highest BCUT2D eigenvalue weighted by molar-refractivity contribution is 6.31. The summed E-state index contributed by atoms with van der Waals surface area (Å²) in [6, 6.07) is 9.56. The number of aromatic amines is 1. The van der Waals surface area contributed by atoms with Crippen LogP contribution in [-0.2, 0) is 6.42 Å². The van der Waals surface area contributed by atoms with Crippen molar-refractivity contribution in [1.29, 1.82) is 0 Å². The number of H-pyrrole nitrogens is 1. The average Bonchev–Trinajstić information content (AvgIpc) is 2.73. The van der Waals surface area contributed by atoms with Crippen molar-refractivity contribution in [2.75, 3.05) is 5.73 Å². The lowest BCUT2D eigenvalue weighted by molar-refractivity contribution is 1.03. The predicted octanol–water partition coefficient (Wildman–Crippen LogP) is 2.78. The smallest absolute Gasteiger partial charge is 0.177 e. The van der Waals surface area contributed by atoms with Crippen LogP contribution in [0, 0.1) is 0 Å². The number of nitrogens with zero attached hydrogens (tertiary/aromatic N) is 2. The summed E-state index contributed by atoms with van der Waals surface area (Å²) in [7, 11) is 0. The molecule has 0 aliphatic rings. The lowest BCUT2D eigenvalue weighted by Gasteiger charge is -1.98. The van der Waals surface area contributed by atoms with Crippen molar-refractivity contribution in [3.8, 4) is 0 Å². The Morgan fingerprint density at radius 1 is 1.22 bits per heavy atom. The van der Waals surface area contributed by atoms with Crippen LogP contribution in [0.5, 0.6) is 0 Å². The number of anilines is 1. The van der Waals surface area contributed by atoms with E-state index < -0.39 is 0 Å². The van der Waals surface area contributed by atoms with E-state index in [0.717, 1.165) is 22.6 Å². The number of benzene rings is 1. The van der Waals surface area contributed by atoms with Crippen molar-refractivity contribution in [3.63, 3.8) is 0 Å². The second kappa shape index (κ2) is 4.31. The summed E-state index contributed by atoms with van der Waals surface area (Å²) in [5.41, 5.74) is 9.10. The number of hydrogen-bond acceptors (Lipinski definition) is 3. The summed E-state index contributed by atoms with van der Waals surface area (Å²) in [5.74, 6) is 0.865. The zero-order chi connectivity index (χ0) is 12.5. The fraction of sp³-hybridized carbons (Fsp3) is 0.0769. The highest BCUT2D eigenvalue weighted by atomic mass is 35.5. The molecule has 0 atom stereocenters. The molecule has 0 unspecified atom stereocenters. The molecule has 3 N–H and O–H groups in total. The number of nitrogens with one attached hydrogen (secondary N) is 1. The molecule has 1 aromatic carbocycles. The van der Waals surface area contributed by atoms with Crippen LogP contribution >= 0.6 is 11.6 Å². The van der Waals surface area contributed by atoms with Crippen LogP contribution in [0.3, 0.4) is 0 Å². The summed E-state index contributed by atoms with van der Waals surface area (Å²) in [4.78, 5) is 11.8. The van der Waals surface area contributed by atoms with Crippen molar-refractivity contribution >= 4 is 28.5 Å². The summed E-state index contributed by atoms with van der Waals surface area (Å²) in [6.07, 6.45) is 2.31. The maximum absolute atomic E-state index is 5.88. The second-order valence-electron chi connectivity index (χ2n) is 4.13. The highest BCUT2D eigenvalue weighted by Gasteiger charge is 2.05. The molecule has 0 saturated heterocycles. The third-order valence-electron chi connectivity index (χ3n) is 2.70. The Hall–Kier alpha value is -2.07. The Balaban J connectivity index is 1.92. The molecule has 3 rings (SSSR count). The van der Waals surface area contributed by atoms with Crippen LogP contribution in [0.25, 0.3) is 11.2 Å². The average molecular weight is 259 g/mol. The van der Waals surface area contributed by atoms with Crippen LogP contribution in [0.4, 0.5) is 5.69 Å². The van der Waals surface area contributed by atoms with Crippen molar-refractivity contribution < 1.29 is 0 Å². The highest BCUT2D eigenvalue weighted by Crippen LogP contribution is 2.16. The normalized spacial score (nSPS) is 10.9. The predicted molar refractivity (Wildman–Crippen MR) is 72.6 cm³/mol. The Morgan fingerprint density at radius 2 is 2.00 bits per heavy atom. The molecule has 3 aromatic rings. The molecular formula is C13H11ClN4. The number of hydrogen-bond donors (Lipinski definition) is 2. The molecule has 5 heteroatoms. The number of pyridine rings is 1. The molecule has 2 aromatic heterocycles. The van der Waals surface area contributed by atoms with Crippen molar-refractivity contribution in [2.45, 2.75) is 6.42 Å². The van der Waals surface area contributed by atoms with E-state index in [1.54, 1.807) is 6.20 Å². The van der Waals surface area contributed by atoms with Crippen LogP contribution in [0.2, 0.25) is 5.02 Å². The van der Waals surface area contributed by atoms with Crippen LogP contribution in [0.1, 0.15) is 11.4 Å². The standard InChI is InChI=1S/C13H11ClN4/c14-9-6-11-13(16-7-9)18-12(17-11)5-8-1-3-10(15)4-2-8/h1-4,6-7H,5,15H2,(H,16,17,18). The van der Waals surface area contributed by atoms with Crippen molar-refractivity contribution in [1.82, 2.24) is 15.0 Å². The van der Waals surface area contributed by atoms with Gasteiger partial charge in [-0.25, -0.2) is 9.97 Å². The molecular weight excluding hydrogens is 248 g/mol. The third-order valence-corrected chi connectivity index (χ3v) is 2.91. The van der Waals surface area contributed by atoms with Gasteiger partial charge in [-0.15, -0.1) is 0 Å². The van der Waals surface area contributed by atoms with Gasteiger partial charge in [0.05, 0.1) is 10.5 Å². The first-order chi connectivity index (χ1) is 8.70. The minimum Gasteiger partial charge on any atom is -0.399 e. The maximum Gasteiger partial charge on any atom is 0.177 e. The number of halogens is 1. The zero-order valence-corrected chi connectivity index (χ0v) is 10.3. The van der Waals surface area contributed by atoms with Gasteiger partial charge in [0.15, 0.2) is 5.65 Å². The number of aromatic nitrogens is 3. The van der Waals surface area contributed by atoms with E-state index >= 15 is 0 Å². The van der Waals surface area contributed by atoms with Crippen LogP contribution in [0.15, 0.2) is 36.5 Å². The first kappa shape index (κ1) is 11.0. The second-order valence-corrected chi connectivity index (χ2v) is 4.56. The summed E-state index contributed by atoms with van der Waals surface area (Å²) < 4.78 is 0. The molecule has 0 bridgehead atoms. The molecule has 0 saturated carbocycles. The molecule has 90 valence electrons. The molecule has 4 nitrogen and oxygen atoms in total. The summed E-state index contributed by atoms with van der Waals surface area (Å²) in [5, 5.41) is 0.602. The Bertz CT molecular complexity index is 688. The first-order valence-electron chi connectivity index (χ1n) is 5.55. The molecule has 0 aliphatic heterocycles. The molecule has 0 spiro atoms. The quantitative estimate of drug-likeness (QED) is 0.695. The molecule has 18 heavy (non-hydrogen) atoms. The molecule has 0 amide bonds. The van der Waals surface area contributed by atoms with E-state index in [-0.39, 0.29) is 0 Å². The van der Waals surface area contributed by atoms with Crippen molar-refractivity contribution in [3.05, 3.63) is 52.9 Å². The van der Waals surface area contributed by atoms with Crippen LogP contribution < -0.4 is 5.73 Å². The number of fused-ring (bicyclic) bond motifs is 1. The Morgan fingerprint density at radius 3 is 2.78 bits per heavy atom. The van der Waals surface area contributed by atoms with Gasteiger partial charge in [-0.2, -0.15) is 0 Å². The number of nitrogens with two attached hydrogens (primary N) is 1. The van der Waals surface area contributed by atoms with Gasteiger partial charge in [-0.05, 0) is 23.8 Å². The van der Waals surface area contributed by atoms with Gasteiger partial charge < -0.3 is 10.7 Å². The molecule has 0 aliphatic carbocycles. The minimum atomic E-state index is 0.602. The van der Waals surface area contributed by atoms with E-state index in [4.69, 9.17) is 17.3 Å². The Labute approximate surface area is 109 Å². The fourth-order valence-electron chi connectivity index (χ4n) is 1.84. The topological polar surface area (TPSA) is 67.6 Å². The third kappa shape index (κ3) is 2.15. The van der Waals surface area contributed by atoms with Gasteiger partial charge in [-0.3, -0.25) is 0 Å². The molecule has 0 radical (unpaired) electrons. The summed E-state index contributed by atoms with van der Waals surface area (Å²) in [6.45, 7) is 0. The SMILES string of the molecule is Nc1ccc(Cc2nc3ncc(Cl)cc3[nH]2)cc1. The van der Waals surface area contributed by atoms with E-state index in [2.05, 4.69) is 15.0 Å². The van der Waals surface area contributed by atoms with Gasteiger partial charge >= 0.3 is 0 Å². The fourth-order valence-corrected chi connectivity index (χ4v) is 1.99. The van der Waals surface area contributed by atoms with E-state index in [0.29, 0.717) is 17.1 Å². The lowest BCUT2D eigenvalue weighted by Crippen LogP contribution is -1.91. The van der Waals surface area contributed by atoms with Gasteiger partial charge in [0, 0.05) is 18.3 Å². The van der Waals surface area contributed by atoms with E-state index in [9.17, 15) is 0 Å². The van der Waals surface area contributed by atoms with Gasteiger partial charge in [0.2, 0.25) is 0 Å². The van der Waals surface area contributed by atoms with E-state index in [1.165, 1.54) is 0 Å². The molecule has 2 heterocycles. The Kier molecular flexibility index (Phi) is 2.64. The monoisotopic (exact) mass is 258 g/mol. The largest absolute Gasteiger partial charge is 0.399 e.